The van der Waals surface area contributed by atoms with Crippen LogP contribution < -0.4 is 5.48 Å². The number of fused-ring (bicyclic) bond motifs is 1. The lowest BCUT2D eigenvalue weighted by Gasteiger charge is -2.34. The molecule has 1 aromatic heterocycles. The van der Waals surface area contributed by atoms with E-state index in [-0.39, 0.29) is 19.6 Å². The molecule has 164 valence electrons. The van der Waals surface area contributed by atoms with E-state index < -0.39 is 25.9 Å². The number of aromatic nitrogens is 2. The average molecular weight is 445 g/mol. The van der Waals surface area contributed by atoms with Crippen molar-refractivity contribution in [2.45, 2.75) is 24.6 Å². The Labute approximate surface area is 180 Å². The first-order valence-corrected chi connectivity index (χ1v) is 11.3. The van der Waals surface area contributed by atoms with Crippen molar-refractivity contribution in [2.24, 2.45) is 5.41 Å². The molecule has 1 fully saturated rings. The van der Waals surface area contributed by atoms with Crippen molar-refractivity contribution in [1.82, 2.24) is 15.3 Å². The molecule has 31 heavy (non-hydrogen) atoms. The van der Waals surface area contributed by atoms with Crippen molar-refractivity contribution >= 4 is 26.6 Å². The minimum absolute atomic E-state index is 0.0643. The van der Waals surface area contributed by atoms with Gasteiger partial charge >= 0.3 is 0 Å². The summed E-state index contributed by atoms with van der Waals surface area (Å²) < 4.78 is 29.0. The van der Waals surface area contributed by atoms with Crippen LogP contribution in [0.25, 0.3) is 10.9 Å². The molecule has 1 aliphatic heterocycles. The summed E-state index contributed by atoms with van der Waals surface area (Å²) in [7, 11) is -3.77. The van der Waals surface area contributed by atoms with Crippen molar-refractivity contribution in [3.63, 3.8) is 0 Å². The van der Waals surface area contributed by atoms with Gasteiger partial charge in [-0.15, -0.1) is 0 Å². The Balaban J connectivity index is 1.75. The van der Waals surface area contributed by atoms with Gasteiger partial charge in [0.1, 0.15) is 5.41 Å². The SMILES string of the molecule is CC(CCn1cc2cc(C#CC#CC3(CO)COC3)ccc2n1)(C(=O)NO)S(C)(=O)=O. The summed E-state index contributed by atoms with van der Waals surface area (Å²) in [6.45, 7) is 2.17. The minimum Gasteiger partial charge on any atom is -0.395 e. The largest absolute Gasteiger partial charge is 0.395 e. The van der Waals surface area contributed by atoms with E-state index in [0.29, 0.717) is 18.7 Å². The highest BCUT2D eigenvalue weighted by Gasteiger charge is 2.43. The number of aliphatic hydroxyl groups excluding tert-OH is 1. The molecule has 2 aromatic rings. The minimum atomic E-state index is -3.77. The predicted octanol–water partition coefficient (Wildman–Crippen LogP) is 0.0989. The number of carbonyl (C=O) groups excluding carboxylic acids is 1. The summed E-state index contributed by atoms with van der Waals surface area (Å²) in [4.78, 5) is 11.9. The molecule has 2 heterocycles. The summed E-state index contributed by atoms with van der Waals surface area (Å²) in [5.41, 5.74) is 2.34. The second-order valence-corrected chi connectivity index (χ2v) is 10.2. The molecule has 1 saturated heterocycles. The van der Waals surface area contributed by atoms with Crippen LogP contribution in [-0.4, -0.2) is 65.2 Å². The summed E-state index contributed by atoms with van der Waals surface area (Å²) in [6.07, 6.45) is 2.62. The van der Waals surface area contributed by atoms with Crippen LogP contribution in [0, 0.1) is 29.1 Å². The van der Waals surface area contributed by atoms with Crippen molar-refractivity contribution in [3.05, 3.63) is 30.0 Å². The van der Waals surface area contributed by atoms with Crippen molar-refractivity contribution < 1.29 is 28.3 Å². The van der Waals surface area contributed by atoms with E-state index in [1.54, 1.807) is 23.0 Å². The zero-order valence-corrected chi connectivity index (χ0v) is 18.0. The number of hydrogen-bond acceptors (Lipinski definition) is 7. The summed E-state index contributed by atoms with van der Waals surface area (Å²) >= 11 is 0. The van der Waals surface area contributed by atoms with Crippen LogP contribution in [0.3, 0.4) is 0 Å². The number of amides is 1. The van der Waals surface area contributed by atoms with Gasteiger partial charge in [-0.1, -0.05) is 11.8 Å². The monoisotopic (exact) mass is 445 g/mol. The second-order valence-electron chi connectivity index (χ2n) is 7.79. The molecule has 1 amide bonds. The van der Waals surface area contributed by atoms with E-state index in [1.165, 1.54) is 12.4 Å². The zero-order valence-electron chi connectivity index (χ0n) is 17.2. The standard InChI is InChI=1S/C21H23N3O6S/c1-20(19(26)23-27,31(2,28)29)9-10-24-12-17-11-16(6-7-18(17)22-24)5-3-4-8-21(13-25)14-30-15-21/h6-7,11-12,25,27H,9-10,13-15H2,1-2H3,(H,23,26). The first kappa shape index (κ1) is 22.8. The summed E-state index contributed by atoms with van der Waals surface area (Å²) in [5.74, 6) is 10.4. The highest BCUT2D eigenvalue weighted by Crippen LogP contribution is 2.25. The van der Waals surface area contributed by atoms with Crippen LogP contribution >= 0.6 is 0 Å². The maximum absolute atomic E-state index is 12.1. The molecule has 0 bridgehead atoms. The van der Waals surface area contributed by atoms with Gasteiger partial charge in [-0.2, -0.15) is 5.10 Å². The number of carbonyl (C=O) groups is 1. The Morgan fingerprint density at radius 2 is 2.13 bits per heavy atom. The first-order valence-electron chi connectivity index (χ1n) is 9.46. The highest BCUT2D eigenvalue weighted by atomic mass is 32.2. The van der Waals surface area contributed by atoms with Gasteiger partial charge in [0.2, 0.25) is 0 Å². The maximum Gasteiger partial charge on any atom is 0.264 e. The van der Waals surface area contributed by atoms with Gasteiger partial charge in [0.05, 0.1) is 25.3 Å². The molecule has 0 saturated carbocycles. The Bertz CT molecular complexity index is 1220. The molecule has 0 spiro atoms. The smallest absolute Gasteiger partial charge is 0.264 e. The van der Waals surface area contributed by atoms with Crippen molar-refractivity contribution in [1.29, 1.82) is 0 Å². The molecular formula is C21H23N3O6S. The van der Waals surface area contributed by atoms with Gasteiger partial charge in [0, 0.05) is 29.9 Å². The molecule has 1 aliphatic rings. The molecule has 3 rings (SSSR count). The van der Waals surface area contributed by atoms with Gasteiger partial charge < -0.3 is 9.84 Å². The number of aryl methyl sites for hydroxylation is 1. The van der Waals surface area contributed by atoms with Gasteiger partial charge in [-0.25, -0.2) is 13.9 Å². The van der Waals surface area contributed by atoms with Crippen molar-refractivity contribution in [2.75, 3.05) is 26.1 Å². The maximum atomic E-state index is 12.1. The van der Waals surface area contributed by atoms with Crippen LogP contribution in [0.4, 0.5) is 0 Å². The van der Waals surface area contributed by atoms with E-state index in [0.717, 1.165) is 17.2 Å². The fourth-order valence-corrected chi connectivity index (χ4v) is 3.85. The van der Waals surface area contributed by atoms with Crippen LogP contribution in [0.1, 0.15) is 18.9 Å². The van der Waals surface area contributed by atoms with Gasteiger partial charge in [-0.3, -0.25) is 14.7 Å². The lowest BCUT2D eigenvalue weighted by molar-refractivity contribution is -0.131. The Hall–Kier alpha value is -2.89. The summed E-state index contributed by atoms with van der Waals surface area (Å²) in [6, 6.07) is 5.41. The number of ether oxygens (including phenoxy) is 1. The Morgan fingerprint density at radius 3 is 2.71 bits per heavy atom. The molecule has 1 unspecified atom stereocenters. The van der Waals surface area contributed by atoms with Gasteiger partial charge in [0.25, 0.3) is 5.91 Å². The molecule has 1 atom stereocenters. The summed E-state index contributed by atoms with van der Waals surface area (Å²) in [5, 5.41) is 23.5. The fourth-order valence-electron chi connectivity index (χ4n) is 3.00. The molecule has 0 aliphatic carbocycles. The van der Waals surface area contributed by atoms with E-state index in [4.69, 9.17) is 9.94 Å². The van der Waals surface area contributed by atoms with Crippen LogP contribution in [-0.2, 0) is 25.9 Å². The molecular weight excluding hydrogens is 422 g/mol. The molecule has 1 aromatic carbocycles. The second kappa shape index (κ2) is 8.69. The number of hydroxylamine groups is 1. The van der Waals surface area contributed by atoms with E-state index in [9.17, 15) is 18.3 Å². The number of sulfone groups is 1. The third-order valence-corrected chi connectivity index (χ3v) is 7.45. The van der Waals surface area contributed by atoms with Crippen molar-refractivity contribution in [3.8, 4) is 23.7 Å². The normalized spacial score (nSPS) is 16.8. The number of benzene rings is 1. The van der Waals surface area contributed by atoms with Crippen LogP contribution in [0.15, 0.2) is 24.4 Å². The molecule has 10 heteroatoms. The topological polar surface area (TPSA) is 131 Å². The molecule has 9 nitrogen and oxygen atoms in total. The van der Waals surface area contributed by atoms with E-state index >= 15 is 0 Å². The lowest BCUT2D eigenvalue weighted by atomic mass is 9.88. The first-order chi connectivity index (χ1) is 14.6. The van der Waals surface area contributed by atoms with Crippen LogP contribution in [0.5, 0.6) is 0 Å². The highest BCUT2D eigenvalue weighted by molar-refractivity contribution is 7.92. The Kier molecular flexibility index (Phi) is 6.39. The molecule has 0 radical (unpaired) electrons. The number of nitrogens with one attached hydrogen (secondary N) is 1. The average Bonchev–Trinajstić information content (AvgIpc) is 3.11. The molecule has 3 N–H and O–H groups in total. The van der Waals surface area contributed by atoms with Gasteiger partial charge in [-0.05, 0) is 43.4 Å². The van der Waals surface area contributed by atoms with E-state index in [1.807, 2.05) is 6.07 Å². The predicted molar refractivity (Wildman–Crippen MR) is 113 cm³/mol. The number of hydrogen-bond donors (Lipinski definition) is 3. The number of aliphatic hydroxyl groups is 1. The number of rotatable bonds is 6. The Morgan fingerprint density at radius 1 is 1.39 bits per heavy atom. The van der Waals surface area contributed by atoms with E-state index in [2.05, 4.69) is 28.8 Å². The quantitative estimate of drug-likeness (QED) is 0.327. The third kappa shape index (κ3) is 4.73. The van der Waals surface area contributed by atoms with Crippen LogP contribution in [0.2, 0.25) is 0 Å². The third-order valence-electron chi connectivity index (χ3n) is 5.43. The lowest BCUT2D eigenvalue weighted by Crippen LogP contribution is -2.49. The number of nitrogens with zero attached hydrogens (tertiary/aromatic N) is 2. The van der Waals surface area contributed by atoms with Gasteiger partial charge in [0.15, 0.2) is 14.6 Å². The fraction of sp³-hybridized carbons (Fsp3) is 0.429. The zero-order chi connectivity index (χ0) is 22.7.